The molecular formula is C20H24N4O. The minimum atomic E-state index is -0.283. The highest BCUT2D eigenvalue weighted by Crippen LogP contribution is 2.43. The summed E-state index contributed by atoms with van der Waals surface area (Å²) in [6.45, 7) is 5.49. The molecule has 1 fully saturated rings. The van der Waals surface area contributed by atoms with Crippen LogP contribution in [0.4, 0.5) is 0 Å². The van der Waals surface area contributed by atoms with Gasteiger partial charge in [0.1, 0.15) is 0 Å². The zero-order valence-electron chi connectivity index (χ0n) is 14.7. The number of piperidine rings is 1. The van der Waals surface area contributed by atoms with E-state index in [4.69, 9.17) is 5.26 Å². The van der Waals surface area contributed by atoms with Crippen LogP contribution < -0.4 is 0 Å². The summed E-state index contributed by atoms with van der Waals surface area (Å²) in [6, 6.07) is 8.69. The Bertz CT molecular complexity index is 849. The van der Waals surface area contributed by atoms with Crippen LogP contribution in [-0.4, -0.2) is 47.4 Å². The van der Waals surface area contributed by atoms with Gasteiger partial charge in [0.05, 0.1) is 11.6 Å². The van der Waals surface area contributed by atoms with Gasteiger partial charge in [-0.3, -0.25) is 9.69 Å². The molecule has 1 N–H and O–H groups in total. The first-order valence-electron chi connectivity index (χ1n) is 9.11. The van der Waals surface area contributed by atoms with Crippen LogP contribution in [0.25, 0.3) is 10.9 Å². The maximum atomic E-state index is 11.9. The van der Waals surface area contributed by atoms with E-state index in [0.29, 0.717) is 6.42 Å². The first-order chi connectivity index (χ1) is 12.2. The fraction of sp³-hybridized carbons (Fsp3) is 0.500. The van der Waals surface area contributed by atoms with E-state index < -0.39 is 0 Å². The maximum Gasteiger partial charge on any atom is 0.210 e. The van der Waals surface area contributed by atoms with Crippen molar-refractivity contribution in [2.75, 3.05) is 26.2 Å². The highest BCUT2D eigenvalue weighted by Gasteiger charge is 2.46. The standard InChI is InChI=1S/C20H24N4O/c1-15-5-2-6-16-17-7-12-24(14-25)20(19(17)22-18(15)16)8-3-10-23(13-20)11-4-9-21/h2,5-6,14,22H,3-4,7-8,10-13H2,1H3. The van der Waals surface area contributed by atoms with Gasteiger partial charge in [-0.25, -0.2) is 0 Å². The fourth-order valence-corrected chi connectivity index (χ4v) is 4.78. The summed E-state index contributed by atoms with van der Waals surface area (Å²) in [4.78, 5) is 19.9. The smallest absolute Gasteiger partial charge is 0.210 e. The quantitative estimate of drug-likeness (QED) is 0.877. The summed E-state index contributed by atoms with van der Waals surface area (Å²) >= 11 is 0. The second-order valence-corrected chi connectivity index (χ2v) is 7.34. The number of nitriles is 1. The summed E-state index contributed by atoms with van der Waals surface area (Å²) in [7, 11) is 0. The molecule has 1 unspecified atom stereocenters. The first-order valence-corrected chi connectivity index (χ1v) is 9.11. The summed E-state index contributed by atoms with van der Waals surface area (Å²) in [5, 5.41) is 10.2. The second-order valence-electron chi connectivity index (χ2n) is 7.34. The molecule has 0 bridgehead atoms. The van der Waals surface area contributed by atoms with Crippen molar-refractivity contribution in [1.82, 2.24) is 14.8 Å². The Labute approximate surface area is 148 Å². The summed E-state index contributed by atoms with van der Waals surface area (Å²) in [5.41, 5.74) is 4.76. The molecule has 1 spiro atoms. The van der Waals surface area contributed by atoms with E-state index >= 15 is 0 Å². The van der Waals surface area contributed by atoms with Gasteiger partial charge in [-0.2, -0.15) is 5.26 Å². The molecule has 130 valence electrons. The zero-order valence-corrected chi connectivity index (χ0v) is 14.7. The van der Waals surface area contributed by atoms with E-state index in [1.165, 1.54) is 27.7 Å². The number of hydrogen-bond donors (Lipinski definition) is 1. The number of rotatable bonds is 3. The number of aromatic nitrogens is 1. The van der Waals surface area contributed by atoms with Crippen molar-refractivity contribution in [3.05, 3.63) is 35.0 Å². The number of hydrogen-bond acceptors (Lipinski definition) is 3. The number of likely N-dealkylation sites (tertiary alicyclic amines) is 1. The maximum absolute atomic E-state index is 11.9. The average Bonchev–Trinajstić information content (AvgIpc) is 3.02. The molecule has 1 amide bonds. The molecule has 1 atom stereocenters. The van der Waals surface area contributed by atoms with Gasteiger partial charge >= 0.3 is 0 Å². The molecule has 25 heavy (non-hydrogen) atoms. The van der Waals surface area contributed by atoms with Gasteiger partial charge in [-0.05, 0) is 43.9 Å². The molecule has 2 aliphatic heterocycles. The number of carbonyl (C=O) groups excluding carboxylic acids is 1. The van der Waals surface area contributed by atoms with Crippen LogP contribution in [0.2, 0.25) is 0 Å². The normalized spacial score (nSPS) is 23.6. The Kier molecular flexibility index (Phi) is 4.01. The van der Waals surface area contributed by atoms with Crippen LogP contribution in [0, 0.1) is 18.3 Å². The van der Waals surface area contributed by atoms with E-state index in [0.717, 1.165) is 51.9 Å². The van der Waals surface area contributed by atoms with Gasteiger partial charge in [-0.15, -0.1) is 0 Å². The topological polar surface area (TPSA) is 63.1 Å². The van der Waals surface area contributed by atoms with Gasteiger partial charge in [-0.1, -0.05) is 18.2 Å². The average molecular weight is 336 g/mol. The molecule has 0 radical (unpaired) electrons. The number of nitrogens with zero attached hydrogens (tertiary/aromatic N) is 3. The molecule has 0 saturated carbocycles. The minimum absolute atomic E-state index is 0.283. The predicted molar refractivity (Wildman–Crippen MR) is 97.1 cm³/mol. The van der Waals surface area contributed by atoms with E-state index in [1.807, 2.05) is 4.90 Å². The number of carbonyl (C=O) groups is 1. The number of nitrogens with one attached hydrogen (secondary N) is 1. The van der Waals surface area contributed by atoms with Crippen molar-refractivity contribution in [1.29, 1.82) is 5.26 Å². The number of amides is 1. The Hall–Kier alpha value is -2.32. The van der Waals surface area contributed by atoms with Crippen molar-refractivity contribution in [3.63, 3.8) is 0 Å². The first kappa shape index (κ1) is 16.2. The number of aromatic amines is 1. The molecule has 0 aliphatic carbocycles. The lowest BCUT2D eigenvalue weighted by molar-refractivity contribution is -0.128. The van der Waals surface area contributed by atoms with Gasteiger partial charge in [0.25, 0.3) is 0 Å². The molecule has 5 nitrogen and oxygen atoms in total. The molecule has 1 aromatic carbocycles. The third kappa shape index (κ3) is 2.44. The molecule has 5 heteroatoms. The Morgan fingerprint density at radius 1 is 1.40 bits per heavy atom. The van der Waals surface area contributed by atoms with Crippen molar-refractivity contribution in [3.8, 4) is 6.07 Å². The lowest BCUT2D eigenvalue weighted by Crippen LogP contribution is -2.58. The molecule has 4 rings (SSSR count). The van der Waals surface area contributed by atoms with E-state index in [1.54, 1.807) is 0 Å². The summed E-state index contributed by atoms with van der Waals surface area (Å²) < 4.78 is 0. The highest BCUT2D eigenvalue weighted by molar-refractivity contribution is 5.88. The molecular weight excluding hydrogens is 312 g/mol. The SMILES string of the molecule is Cc1cccc2c3c([nH]c12)C1(CCCN(CCC#N)C1)N(C=O)CC3. The van der Waals surface area contributed by atoms with Crippen molar-refractivity contribution >= 4 is 17.3 Å². The van der Waals surface area contributed by atoms with Crippen molar-refractivity contribution in [2.24, 2.45) is 0 Å². The Morgan fingerprint density at radius 3 is 3.08 bits per heavy atom. The van der Waals surface area contributed by atoms with E-state index in [2.05, 4.69) is 41.1 Å². The lowest BCUT2D eigenvalue weighted by Gasteiger charge is -2.50. The third-order valence-electron chi connectivity index (χ3n) is 5.98. The van der Waals surface area contributed by atoms with E-state index in [-0.39, 0.29) is 5.54 Å². The van der Waals surface area contributed by atoms with Crippen LogP contribution in [0.5, 0.6) is 0 Å². The van der Waals surface area contributed by atoms with Gasteiger partial charge < -0.3 is 9.88 Å². The lowest BCUT2D eigenvalue weighted by atomic mass is 9.79. The van der Waals surface area contributed by atoms with Crippen molar-refractivity contribution in [2.45, 2.75) is 38.1 Å². The van der Waals surface area contributed by atoms with Gasteiger partial charge in [0, 0.05) is 42.7 Å². The molecule has 1 aromatic heterocycles. The van der Waals surface area contributed by atoms with Gasteiger partial charge in [0.15, 0.2) is 0 Å². The van der Waals surface area contributed by atoms with Crippen LogP contribution >= 0.6 is 0 Å². The molecule has 2 aromatic rings. The largest absolute Gasteiger partial charge is 0.356 e. The third-order valence-corrected chi connectivity index (χ3v) is 5.98. The Balaban J connectivity index is 1.83. The summed E-state index contributed by atoms with van der Waals surface area (Å²) in [5.74, 6) is 0. The van der Waals surface area contributed by atoms with E-state index in [9.17, 15) is 4.79 Å². The monoisotopic (exact) mass is 336 g/mol. The van der Waals surface area contributed by atoms with Crippen LogP contribution in [0.3, 0.4) is 0 Å². The van der Waals surface area contributed by atoms with Crippen molar-refractivity contribution < 1.29 is 4.79 Å². The molecule has 2 aliphatic rings. The number of fused-ring (bicyclic) bond motifs is 4. The van der Waals surface area contributed by atoms with Crippen LogP contribution in [-0.2, 0) is 16.8 Å². The summed E-state index contributed by atoms with van der Waals surface area (Å²) in [6.07, 6.45) is 4.49. The number of aryl methyl sites for hydroxylation is 1. The number of H-pyrrole nitrogens is 1. The van der Waals surface area contributed by atoms with Crippen LogP contribution in [0.1, 0.15) is 36.1 Å². The number of benzene rings is 1. The second kappa shape index (κ2) is 6.20. The van der Waals surface area contributed by atoms with Crippen LogP contribution in [0.15, 0.2) is 18.2 Å². The zero-order chi connectivity index (χ0) is 17.4. The fourth-order valence-electron chi connectivity index (χ4n) is 4.78. The van der Waals surface area contributed by atoms with Gasteiger partial charge in [0.2, 0.25) is 6.41 Å². The highest BCUT2D eigenvalue weighted by atomic mass is 16.1. The molecule has 1 saturated heterocycles. The predicted octanol–water partition coefficient (Wildman–Crippen LogP) is 2.70. The minimum Gasteiger partial charge on any atom is -0.356 e. The number of para-hydroxylation sites is 1. The molecule has 3 heterocycles. The Morgan fingerprint density at radius 2 is 2.28 bits per heavy atom.